The van der Waals surface area contributed by atoms with Crippen LogP contribution in [0.25, 0.3) is 11.5 Å². The van der Waals surface area contributed by atoms with Crippen LogP contribution in [-0.2, 0) is 0 Å². The Labute approximate surface area is 102 Å². The normalized spacial score (nSPS) is 11.3. The van der Waals surface area contributed by atoms with E-state index in [1.807, 2.05) is 19.9 Å². The largest absolute Gasteiger partial charge is 0.349 e. The molecule has 3 aromatic heterocycles. The second-order valence-electron chi connectivity index (χ2n) is 4.22. The first kappa shape index (κ1) is 10.7. The SMILES string of the molecule is Cc1cc(C)n(-c2cc3n[nH]c(=O)n3c(C)n2)n1. The molecule has 0 bridgehead atoms. The summed E-state index contributed by atoms with van der Waals surface area (Å²) in [5.74, 6) is 1.23. The lowest BCUT2D eigenvalue weighted by Gasteiger charge is -2.05. The van der Waals surface area contributed by atoms with Gasteiger partial charge in [0.1, 0.15) is 5.82 Å². The third-order valence-corrected chi connectivity index (χ3v) is 2.78. The van der Waals surface area contributed by atoms with E-state index in [4.69, 9.17) is 0 Å². The van der Waals surface area contributed by atoms with E-state index in [1.54, 1.807) is 17.7 Å². The average molecular weight is 244 g/mol. The lowest BCUT2D eigenvalue weighted by molar-refractivity contribution is 0.787. The highest BCUT2D eigenvalue weighted by atomic mass is 16.1. The highest BCUT2D eigenvalue weighted by Crippen LogP contribution is 2.11. The quantitative estimate of drug-likeness (QED) is 0.677. The fourth-order valence-corrected chi connectivity index (χ4v) is 2.05. The zero-order valence-electron chi connectivity index (χ0n) is 10.3. The van der Waals surface area contributed by atoms with Gasteiger partial charge < -0.3 is 0 Å². The van der Waals surface area contributed by atoms with Crippen LogP contribution >= 0.6 is 0 Å². The Hall–Kier alpha value is -2.44. The summed E-state index contributed by atoms with van der Waals surface area (Å²) in [7, 11) is 0. The Morgan fingerprint density at radius 3 is 2.67 bits per heavy atom. The first-order valence-corrected chi connectivity index (χ1v) is 5.54. The molecular formula is C11H12N6O. The Kier molecular flexibility index (Phi) is 2.09. The van der Waals surface area contributed by atoms with E-state index in [2.05, 4.69) is 20.3 Å². The molecule has 0 aliphatic rings. The van der Waals surface area contributed by atoms with E-state index in [-0.39, 0.29) is 5.69 Å². The zero-order chi connectivity index (χ0) is 12.9. The molecule has 0 radical (unpaired) electrons. The van der Waals surface area contributed by atoms with Crippen LogP contribution in [0.1, 0.15) is 17.2 Å². The van der Waals surface area contributed by atoms with Crippen molar-refractivity contribution in [3.05, 3.63) is 39.8 Å². The van der Waals surface area contributed by atoms with Gasteiger partial charge in [0.15, 0.2) is 11.5 Å². The van der Waals surface area contributed by atoms with Crippen molar-refractivity contribution < 1.29 is 0 Å². The number of hydrogen-bond donors (Lipinski definition) is 1. The van der Waals surface area contributed by atoms with Crippen molar-refractivity contribution in [2.45, 2.75) is 20.8 Å². The van der Waals surface area contributed by atoms with Gasteiger partial charge in [-0.2, -0.15) is 10.2 Å². The highest BCUT2D eigenvalue weighted by molar-refractivity contribution is 5.44. The lowest BCUT2D eigenvalue weighted by Crippen LogP contribution is -2.14. The molecule has 0 unspecified atom stereocenters. The van der Waals surface area contributed by atoms with E-state index < -0.39 is 0 Å². The first-order chi connectivity index (χ1) is 8.56. The van der Waals surface area contributed by atoms with Crippen LogP contribution in [-0.4, -0.2) is 29.4 Å². The molecule has 0 aliphatic heterocycles. The third-order valence-electron chi connectivity index (χ3n) is 2.78. The van der Waals surface area contributed by atoms with Gasteiger partial charge >= 0.3 is 5.69 Å². The summed E-state index contributed by atoms with van der Waals surface area (Å²) in [6, 6.07) is 3.70. The van der Waals surface area contributed by atoms with Gasteiger partial charge in [-0.15, -0.1) is 0 Å². The molecule has 0 saturated heterocycles. The highest BCUT2D eigenvalue weighted by Gasteiger charge is 2.10. The minimum absolute atomic E-state index is 0.282. The van der Waals surface area contributed by atoms with Gasteiger partial charge in [-0.3, -0.25) is 0 Å². The van der Waals surface area contributed by atoms with Gasteiger partial charge in [-0.25, -0.2) is 24.0 Å². The van der Waals surface area contributed by atoms with Crippen LogP contribution in [0.4, 0.5) is 0 Å². The third kappa shape index (κ3) is 1.44. The smallest absolute Gasteiger partial charge is 0.246 e. The van der Waals surface area contributed by atoms with Crippen LogP contribution in [0.2, 0.25) is 0 Å². The molecule has 0 saturated carbocycles. The Balaban J connectivity index is 2.31. The van der Waals surface area contributed by atoms with Gasteiger partial charge in [0.25, 0.3) is 0 Å². The van der Waals surface area contributed by atoms with Gasteiger partial charge in [-0.05, 0) is 26.8 Å². The van der Waals surface area contributed by atoms with Crippen LogP contribution < -0.4 is 5.69 Å². The maximum Gasteiger partial charge on any atom is 0.349 e. The van der Waals surface area contributed by atoms with Crippen molar-refractivity contribution in [3.63, 3.8) is 0 Å². The summed E-state index contributed by atoms with van der Waals surface area (Å²) in [6.45, 7) is 5.64. The Morgan fingerprint density at radius 2 is 2.00 bits per heavy atom. The number of aromatic nitrogens is 6. The van der Waals surface area contributed by atoms with E-state index in [0.29, 0.717) is 17.3 Å². The maximum atomic E-state index is 11.5. The number of aryl methyl sites for hydroxylation is 3. The molecule has 3 heterocycles. The van der Waals surface area contributed by atoms with E-state index in [9.17, 15) is 4.79 Å². The molecule has 0 spiro atoms. The molecule has 92 valence electrons. The molecule has 0 atom stereocenters. The van der Waals surface area contributed by atoms with Crippen molar-refractivity contribution in [3.8, 4) is 5.82 Å². The molecular weight excluding hydrogens is 232 g/mol. The topological polar surface area (TPSA) is 80.9 Å². The second kappa shape index (κ2) is 3.52. The summed E-state index contributed by atoms with van der Waals surface area (Å²) in [5.41, 5.74) is 2.16. The lowest BCUT2D eigenvalue weighted by atomic mass is 10.4. The van der Waals surface area contributed by atoms with Crippen LogP contribution in [0.5, 0.6) is 0 Å². The molecule has 0 amide bonds. The molecule has 1 N–H and O–H groups in total. The molecule has 7 nitrogen and oxygen atoms in total. The van der Waals surface area contributed by atoms with Crippen molar-refractivity contribution >= 4 is 5.65 Å². The van der Waals surface area contributed by atoms with Crippen molar-refractivity contribution in [2.24, 2.45) is 0 Å². The fourth-order valence-electron chi connectivity index (χ4n) is 2.05. The second-order valence-corrected chi connectivity index (χ2v) is 4.22. The van der Waals surface area contributed by atoms with E-state index in [0.717, 1.165) is 11.4 Å². The number of H-pyrrole nitrogens is 1. The molecule has 18 heavy (non-hydrogen) atoms. The number of rotatable bonds is 1. The maximum absolute atomic E-state index is 11.5. The summed E-state index contributed by atoms with van der Waals surface area (Å²) < 4.78 is 3.16. The summed E-state index contributed by atoms with van der Waals surface area (Å²) in [4.78, 5) is 15.9. The van der Waals surface area contributed by atoms with Crippen molar-refractivity contribution in [1.29, 1.82) is 0 Å². The van der Waals surface area contributed by atoms with Crippen molar-refractivity contribution in [2.75, 3.05) is 0 Å². The summed E-state index contributed by atoms with van der Waals surface area (Å²) in [6.07, 6.45) is 0. The monoisotopic (exact) mass is 244 g/mol. The Bertz CT molecular complexity index is 794. The molecule has 3 aromatic rings. The van der Waals surface area contributed by atoms with Gasteiger partial charge in [-0.1, -0.05) is 0 Å². The molecule has 0 fully saturated rings. The minimum Gasteiger partial charge on any atom is -0.246 e. The van der Waals surface area contributed by atoms with Gasteiger partial charge in [0.2, 0.25) is 0 Å². The summed E-state index contributed by atoms with van der Waals surface area (Å²) >= 11 is 0. The number of fused-ring (bicyclic) bond motifs is 1. The minimum atomic E-state index is -0.282. The molecule has 0 aliphatic carbocycles. The van der Waals surface area contributed by atoms with E-state index in [1.165, 1.54) is 4.40 Å². The number of nitrogens with one attached hydrogen (secondary N) is 1. The van der Waals surface area contributed by atoms with E-state index >= 15 is 0 Å². The number of aromatic amines is 1. The first-order valence-electron chi connectivity index (χ1n) is 5.54. The fraction of sp³-hybridized carbons (Fsp3) is 0.273. The average Bonchev–Trinajstić information content (AvgIpc) is 2.82. The van der Waals surface area contributed by atoms with Crippen LogP contribution in [0.3, 0.4) is 0 Å². The zero-order valence-corrected chi connectivity index (χ0v) is 10.3. The number of hydrogen-bond acceptors (Lipinski definition) is 4. The Morgan fingerprint density at radius 1 is 1.22 bits per heavy atom. The van der Waals surface area contributed by atoms with Crippen LogP contribution in [0.15, 0.2) is 16.9 Å². The predicted molar refractivity (Wildman–Crippen MR) is 64.9 cm³/mol. The molecule has 3 rings (SSSR count). The van der Waals surface area contributed by atoms with Gasteiger partial charge in [0.05, 0.1) is 5.69 Å². The van der Waals surface area contributed by atoms with Gasteiger partial charge in [0, 0.05) is 11.8 Å². The van der Waals surface area contributed by atoms with Crippen molar-refractivity contribution in [1.82, 2.24) is 29.4 Å². The van der Waals surface area contributed by atoms with Crippen LogP contribution in [0, 0.1) is 20.8 Å². The summed E-state index contributed by atoms with van der Waals surface area (Å²) in [5, 5.41) is 10.7. The standard InChI is InChI=1S/C11H12N6O/c1-6-4-7(2)17(15-6)9-5-10-13-14-11(18)16(10)8(3)12-9/h4-5H,1-3H3,(H,14,18). The number of nitrogens with zero attached hydrogens (tertiary/aromatic N) is 5. The molecule has 7 heteroatoms. The molecule has 0 aromatic carbocycles. The predicted octanol–water partition coefficient (Wildman–Crippen LogP) is 0.529.